The second-order valence-electron chi connectivity index (χ2n) is 17.6. The number of benzene rings is 2. The van der Waals surface area contributed by atoms with E-state index in [0.717, 1.165) is 12.1 Å². The number of carboxylic acids is 2. The Labute approximate surface area is 423 Å². The Morgan fingerprint density at radius 3 is 1.40 bits per heavy atom. The average molecular weight is 1080 g/mol. The van der Waals surface area contributed by atoms with Crippen LogP contribution in [0.3, 0.4) is 0 Å². The number of aromatic nitrogens is 2. The summed E-state index contributed by atoms with van der Waals surface area (Å²) >= 11 is 15.2. The van der Waals surface area contributed by atoms with Gasteiger partial charge in [-0.1, -0.05) is 35.3 Å². The zero-order valence-electron chi connectivity index (χ0n) is 37.5. The minimum atomic E-state index is -3.07. The third-order valence-electron chi connectivity index (χ3n) is 13.6. The fourth-order valence-corrected chi connectivity index (χ4v) is 12.2. The van der Waals surface area contributed by atoms with Crippen molar-refractivity contribution in [2.24, 2.45) is 21.8 Å². The number of nitrogens with zero attached hydrogens (tertiary/aromatic N) is 6. The number of rotatable bonds is 12. The van der Waals surface area contributed by atoms with Gasteiger partial charge in [-0.05, 0) is 37.1 Å². The zero-order chi connectivity index (χ0) is 51.6. The standard InChI is InChI=1S/2C23H20ClF3N4O4S/c2*1-35-22(34)17-14(9-31-15-8-23(26,27)16(31)7-12(15)21(32)33)29-19(20-28-4-5-36-20)30-18(17)11-3-2-10(25)6-13(11)24/h2*2-6,12,15-16,18H,7-9H2,1H3,(H,29,30)(H,32,33)/t12-,15?,16?,18+;12-,15?,16?,18-/m10/s1. The molecule has 4 fully saturated rings. The van der Waals surface area contributed by atoms with Crippen molar-refractivity contribution in [3.05, 3.63) is 125 Å². The summed E-state index contributed by atoms with van der Waals surface area (Å²) in [4.78, 5) is 70.0. The molecule has 4 unspecified atom stereocenters. The quantitative estimate of drug-likeness (QED) is 0.0813. The number of amidine groups is 2. The van der Waals surface area contributed by atoms with Crippen LogP contribution in [0.5, 0.6) is 0 Å². The second-order valence-corrected chi connectivity index (χ2v) is 20.2. The number of carboxylic acid groups (broad SMARTS) is 2. The molecule has 4 bridgehead atoms. The maximum absolute atomic E-state index is 14.7. The van der Waals surface area contributed by atoms with Crippen LogP contribution in [0.25, 0.3) is 0 Å². The topological polar surface area (TPSA) is 208 Å². The molecular formula is C46H40Cl2F6N8O8S2. The molecule has 2 aromatic heterocycles. The number of carbonyl (C=O) groups is 4. The smallest absolute Gasteiger partial charge is 0.338 e. The Morgan fingerprint density at radius 2 is 1.08 bits per heavy atom. The molecular weight excluding hydrogens is 1040 g/mol. The van der Waals surface area contributed by atoms with Crippen molar-refractivity contribution in [1.29, 1.82) is 0 Å². The molecule has 8 atom stereocenters. The number of aliphatic imine (C=N–C) groups is 2. The Morgan fingerprint density at radius 1 is 0.694 bits per heavy atom. The van der Waals surface area contributed by atoms with E-state index >= 15 is 0 Å². The summed E-state index contributed by atoms with van der Waals surface area (Å²) < 4.78 is 96.3. The first-order valence-corrected chi connectivity index (χ1v) is 24.5. The lowest BCUT2D eigenvalue weighted by atomic mass is 9.87. The fourth-order valence-electron chi connectivity index (χ4n) is 10.5. The highest BCUT2D eigenvalue weighted by atomic mass is 35.5. The summed E-state index contributed by atoms with van der Waals surface area (Å²) in [5, 5.41) is 29.7. The third kappa shape index (κ3) is 9.47. The SMILES string of the molecule is COC(=O)C1=C(CN2C3CC(F)(F)C2C[C@@H]3C(=O)O)NC(c2nccs2)=N[C@H]1c1ccc(F)cc1Cl.COC(=O)C1=C(CN2C3CC(F)(F)C2C[C@H]3C(=O)O)NC(c2nccs2)=N[C@H]1c1ccc(F)cc1Cl. The summed E-state index contributed by atoms with van der Waals surface area (Å²) in [6, 6.07) is 0.805. The Hall–Kier alpha value is -5.92. The molecule has 10 rings (SSSR count). The molecule has 4 N–H and O–H groups in total. The van der Waals surface area contributed by atoms with Crippen molar-refractivity contribution in [3.63, 3.8) is 0 Å². The van der Waals surface area contributed by atoms with Crippen LogP contribution in [0.15, 0.2) is 92.1 Å². The van der Waals surface area contributed by atoms with E-state index < -0.39 is 108 Å². The fraction of sp³-hybridized carbons (Fsp3) is 0.391. The van der Waals surface area contributed by atoms with Crippen molar-refractivity contribution in [1.82, 2.24) is 30.4 Å². The maximum Gasteiger partial charge on any atom is 0.338 e. The van der Waals surface area contributed by atoms with Crippen LogP contribution >= 0.6 is 45.9 Å². The number of methoxy groups -OCH3 is 2. The van der Waals surface area contributed by atoms with Gasteiger partial charge in [0.05, 0.1) is 49.3 Å². The molecule has 0 aliphatic carbocycles. The highest BCUT2D eigenvalue weighted by Crippen LogP contribution is 2.52. The summed E-state index contributed by atoms with van der Waals surface area (Å²) in [6.07, 6.45) is 1.54. The molecule has 380 valence electrons. The number of alkyl halides is 4. The van der Waals surface area contributed by atoms with Gasteiger partial charge < -0.3 is 30.3 Å². The molecule has 0 radical (unpaired) electrons. The largest absolute Gasteiger partial charge is 0.481 e. The molecule has 4 saturated heterocycles. The first kappa shape index (κ1) is 51.0. The normalized spacial score (nSPS) is 27.1. The van der Waals surface area contributed by atoms with Gasteiger partial charge in [0.25, 0.3) is 11.8 Å². The van der Waals surface area contributed by atoms with E-state index in [4.69, 9.17) is 32.7 Å². The molecule has 0 spiro atoms. The number of hydrogen-bond acceptors (Lipinski definition) is 16. The molecule has 72 heavy (non-hydrogen) atoms. The van der Waals surface area contributed by atoms with Gasteiger partial charge >= 0.3 is 23.9 Å². The number of nitrogens with one attached hydrogen (secondary N) is 2. The van der Waals surface area contributed by atoms with Gasteiger partial charge in [-0.15, -0.1) is 22.7 Å². The van der Waals surface area contributed by atoms with E-state index in [1.165, 1.54) is 71.0 Å². The first-order valence-electron chi connectivity index (χ1n) is 22.0. The summed E-state index contributed by atoms with van der Waals surface area (Å²) in [5.74, 6) is -12.5. The minimum absolute atomic E-state index is 0.00723. The van der Waals surface area contributed by atoms with Crippen LogP contribution in [0.1, 0.15) is 58.9 Å². The molecule has 26 heteroatoms. The van der Waals surface area contributed by atoms with Crippen LogP contribution in [0.4, 0.5) is 26.3 Å². The minimum Gasteiger partial charge on any atom is -0.481 e. The number of ether oxygens (including phenoxy) is 2. The molecule has 16 nitrogen and oxygen atoms in total. The van der Waals surface area contributed by atoms with E-state index in [2.05, 4.69) is 30.6 Å². The Bertz CT molecular complexity index is 2770. The van der Waals surface area contributed by atoms with E-state index in [1.807, 2.05) is 0 Å². The van der Waals surface area contributed by atoms with Gasteiger partial charge in [0.2, 0.25) is 0 Å². The van der Waals surface area contributed by atoms with E-state index in [1.54, 1.807) is 23.2 Å². The van der Waals surface area contributed by atoms with E-state index in [0.29, 0.717) is 21.1 Å². The van der Waals surface area contributed by atoms with Gasteiger partial charge in [0.1, 0.15) is 23.7 Å². The van der Waals surface area contributed by atoms with Gasteiger partial charge in [0, 0.05) is 93.7 Å². The lowest BCUT2D eigenvalue weighted by Gasteiger charge is -2.31. The number of aliphatic carboxylic acids is 2. The van der Waals surface area contributed by atoms with Crippen LogP contribution < -0.4 is 10.6 Å². The van der Waals surface area contributed by atoms with Crippen LogP contribution in [-0.2, 0) is 28.7 Å². The Kier molecular flexibility index (Phi) is 14.0. The van der Waals surface area contributed by atoms with E-state index in [9.17, 15) is 55.7 Å². The highest BCUT2D eigenvalue weighted by Gasteiger charge is 2.64. The zero-order valence-corrected chi connectivity index (χ0v) is 40.6. The molecule has 8 heterocycles. The second kappa shape index (κ2) is 19.8. The summed E-state index contributed by atoms with van der Waals surface area (Å²) in [7, 11) is 2.34. The van der Waals surface area contributed by atoms with E-state index in [-0.39, 0.29) is 70.2 Å². The van der Waals surface area contributed by atoms with Crippen molar-refractivity contribution in [2.45, 2.75) is 73.8 Å². The first-order chi connectivity index (χ1) is 34.2. The molecule has 0 amide bonds. The van der Waals surface area contributed by atoms with Crippen molar-refractivity contribution in [2.75, 3.05) is 27.3 Å². The number of fused-ring (bicyclic) bond motifs is 4. The molecule has 4 aromatic rings. The van der Waals surface area contributed by atoms with Crippen LogP contribution in [0, 0.1) is 23.5 Å². The molecule has 6 aliphatic rings. The summed E-state index contributed by atoms with van der Waals surface area (Å²) in [6.45, 7) is -0.363. The van der Waals surface area contributed by atoms with Gasteiger partial charge in [-0.25, -0.2) is 45.9 Å². The molecule has 2 aromatic carbocycles. The molecule has 6 aliphatic heterocycles. The van der Waals surface area contributed by atoms with Gasteiger partial charge in [0.15, 0.2) is 21.7 Å². The number of hydrogen-bond donors (Lipinski definition) is 4. The third-order valence-corrected chi connectivity index (χ3v) is 15.9. The van der Waals surface area contributed by atoms with Crippen molar-refractivity contribution < 1.29 is 65.2 Å². The summed E-state index contributed by atoms with van der Waals surface area (Å²) in [5.41, 5.74) is 1.06. The van der Waals surface area contributed by atoms with Crippen molar-refractivity contribution >= 4 is 81.4 Å². The van der Waals surface area contributed by atoms with Crippen LogP contribution in [0.2, 0.25) is 10.0 Å². The number of halogens is 8. The van der Waals surface area contributed by atoms with Gasteiger partial charge in [-0.3, -0.25) is 29.4 Å². The maximum atomic E-state index is 14.7. The Balaban J connectivity index is 0.000000178. The number of esters is 2. The number of thiazole rings is 2. The predicted molar refractivity (Wildman–Crippen MR) is 249 cm³/mol. The van der Waals surface area contributed by atoms with Crippen LogP contribution in [-0.4, -0.2) is 129 Å². The van der Waals surface area contributed by atoms with Crippen molar-refractivity contribution in [3.8, 4) is 0 Å². The monoisotopic (exact) mass is 1080 g/mol. The van der Waals surface area contributed by atoms with Gasteiger partial charge in [-0.2, -0.15) is 0 Å². The lowest BCUT2D eigenvalue weighted by Crippen LogP contribution is -2.43. The predicted octanol–water partition coefficient (Wildman–Crippen LogP) is 7.27. The lowest BCUT2D eigenvalue weighted by molar-refractivity contribution is -0.145. The average Bonchev–Trinajstić information content (AvgIpc) is 4.20. The highest BCUT2D eigenvalue weighted by molar-refractivity contribution is 7.12. The molecule has 0 saturated carbocycles. The number of carbonyl (C=O) groups excluding carboxylic acids is 2.